The molecule has 0 aromatic heterocycles. The van der Waals surface area contributed by atoms with E-state index in [-0.39, 0.29) is 11.4 Å². The minimum absolute atomic E-state index is 0.237. The zero-order chi connectivity index (χ0) is 8.48. The van der Waals surface area contributed by atoms with E-state index in [2.05, 4.69) is 10.6 Å². The van der Waals surface area contributed by atoms with E-state index in [0.717, 1.165) is 6.42 Å². The molecule has 4 nitrogen and oxygen atoms in total. The molecule has 1 unspecified atom stereocenters. The Hall–Kier alpha value is -0.770. The highest BCUT2D eigenvalue weighted by Crippen LogP contribution is 2.24. The van der Waals surface area contributed by atoms with Crippen LogP contribution in [-0.4, -0.2) is 23.9 Å². The second-order valence-electron chi connectivity index (χ2n) is 3.54. The lowest BCUT2D eigenvalue weighted by molar-refractivity contribution is 0.0337. The molecule has 1 rings (SSSR count). The number of aliphatic hydroxyl groups excluding tert-OH is 1. The lowest BCUT2D eigenvalue weighted by Crippen LogP contribution is -2.44. The first-order valence-corrected chi connectivity index (χ1v) is 3.75. The van der Waals surface area contributed by atoms with E-state index in [9.17, 15) is 9.90 Å². The van der Waals surface area contributed by atoms with Gasteiger partial charge in [-0.1, -0.05) is 13.8 Å². The van der Waals surface area contributed by atoms with Crippen molar-refractivity contribution in [3.63, 3.8) is 0 Å². The first-order chi connectivity index (χ1) is 5.02. The minimum atomic E-state index is -0.745. The molecule has 0 saturated carbocycles. The van der Waals surface area contributed by atoms with Crippen LogP contribution in [0.2, 0.25) is 0 Å². The Morgan fingerprint density at radius 1 is 1.64 bits per heavy atom. The van der Waals surface area contributed by atoms with Crippen molar-refractivity contribution in [1.82, 2.24) is 10.6 Å². The molecule has 0 radical (unpaired) electrons. The molecule has 64 valence electrons. The molecule has 1 heterocycles. The van der Waals surface area contributed by atoms with Crippen LogP contribution in [-0.2, 0) is 0 Å². The summed E-state index contributed by atoms with van der Waals surface area (Å²) in [7, 11) is 0. The van der Waals surface area contributed by atoms with Crippen LogP contribution in [0.1, 0.15) is 20.3 Å². The summed E-state index contributed by atoms with van der Waals surface area (Å²) in [5.74, 6) is 0. The lowest BCUT2D eigenvalue weighted by Gasteiger charge is -2.27. The molecule has 0 bridgehead atoms. The predicted octanol–water partition coefficient (Wildman–Crippen LogP) is 0.0339. The van der Waals surface area contributed by atoms with Gasteiger partial charge in [-0.2, -0.15) is 0 Å². The fraction of sp³-hybridized carbons (Fsp3) is 0.857. The van der Waals surface area contributed by atoms with Gasteiger partial charge in [0.1, 0.15) is 6.23 Å². The third-order valence-corrected chi connectivity index (χ3v) is 2.06. The summed E-state index contributed by atoms with van der Waals surface area (Å²) in [6, 6.07) is -0.289. The molecular weight excluding hydrogens is 144 g/mol. The van der Waals surface area contributed by atoms with Gasteiger partial charge >= 0.3 is 6.03 Å². The molecule has 1 fully saturated rings. The normalized spacial score (nSPS) is 30.1. The maximum atomic E-state index is 10.8. The van der Waals surface area contributed by atoms with Crippen LogP contribution >= 0.6 is 0 Å². The molecule has 4 heteroatoms. The highest BCUT2D eigenvalue weighted by atomic mass is 16.3. The minimum Gasteiger partial charge on any atom is -0.373 e. The van der Waals surface area contributed by atoms with Crippen molar-refractivity contribution < 1.29 is 9.90 Å². The van der Waals surface area contributed by atoms with Gasteiger partial charge < -0.3 is 15.7 Å². The molecule has 0 spiro atoms. The molecule has 2 amide bonds. The van der Waals surface area contributed by atoms with E-state index in [0.29, 0.717) is 6.54 Å². The van der Waals surface area contributed by atoms with Gasteiger partial charge in [0.05, 0.1) is 0 Å². The summed E-state index contributed by atoms with van der Waals surface area (Å²) >= 11 is 0. The van der Waals surface area contributed by atoms with Crippen LogP contribution in [0.5, 0.6) is 0 Å². The van der Waals surface area contributed by atoms with E-state index in [1.165, 1.54) is 0 Å². The second kappa shape index (κ2) is 2.70. The Balaban J connectivity index is 2.65. The largest absolute Gasteiger partial charge is 0.373 e. The zero-order valence-corrected chi connectivity index (χ0v) is 6.85. The first-order valence-electron chi connectivity index (χ1n) is 3.75. The molecule has 0 aromatic carbocycles. The van der Waals surface area contributed by atoms with Crippen LogP contribution in [0, 0.1) is 5.41 Å². The van der Waals surface area contributed by atoms with Gasteiger partial charge in [-0.05, 0) is 6.42 Å². The molecule has 0 aliphatic carbocycles. The summed E-state index contributed by atoms with van der Waals surface area (Å²) in [6.07, 6.45) is 0.0393. The van der Waals surface area contributed by atoms with Gasteiger partial charge in [0.25, 0.3) is 0 Å². The van der Waals surface area contributed by atoms with E-state index in [1.54, 1.807) is 0 Å². The Morgan fingerprint density at radius 3 is 2.91 bits per heavy atom. The zero-order valence-electron chi connectivity index (χ0n) is 6.85. The molecule has 1 aliphatic heterocycles. The van der Waals surface area contributed by atoms with Gasteiger partial charge in [0.15, 0.2) is 0 Å². The highest BCUT2D eigenvalue weighted by molar-refractivity contribution is 5.74. The van der Waals surface area contributed by atoms with Crippen LogP contribution < -0.4 is 10.6 Å². The first kappa shape index (κ1) is 8.33. The van der Waals surface area contributed by atoms with E-state index in [1.807, 2.05) is 13.8 Å². The smallest absolute Gasteiger partial charge is 0.316 e. The topological polar surface area (TPSA) is 61.4 Å². The number of amides is 2. The monoisotopic (exact) mass is 158 g/mol. The van der Waals surface area contributed by atoms with Crippen molar-refractivity contribution in [2.45, 2.75) is 26.5 Å². The maximum Gasteiger partial charge on any atom is 0.316 e. The van der Waals surface area contributed by atoms with Crippen LogP contribution in [0.3, 0.4) is 0 Å². The van der Waals surface area contributed by atoms with Gasteiger partial charge in [-0.25, -0.2) is 4.79 Å². The highest BCUT2D eigenvalue weighted by Gasteiger charge is 2.31. The summed E-state index contributed by atoms with van der Waals surface area (Å²) in [4.78, 5) is 10.8. The average molecular weight is 158 g/mol. The van der Waals surface area contributed by atoms with Crippen LogP contribution in [0.4, 0.5) is 4.79 Å². The summed E-state index contributed by atoms with van der Waals surface area (Å²) < 4.78 is 0. The Labute approximate surface area is 66.0 Å². The SMILES string of the molecule is CC1(C)CCNC(=O)NC1O. The summed E-state index contributed by atoms with van der Waals surface area (Å²) in [6.45, 7) is 4.46. The van der Waals surface area contributed by atoms with Crippen LogP contribution in [0.25, 0.3) is 0 Å². The van der Waals surface area contributed by atoms with Gasteiger partial charge in [0.2, 0.25) is 0 Å². The third-order valence-electron chi connectivity index (χ3n) is 2.06. The standard InChI is InChI=1S/C7H14N2O2/c1-7(2)3-4-8-6(11)9-5(7)10/h5,10H,3-4H2,1-2H3,(H2,8,9,11). The Bertz CT molecular complexity index is 168. The molecule has 3 N–H and O–H groups in total. The van der Waals surface area contributed by atoms with Crippen molar-refractivity contribution >= 4 is 6.03 Å². The molecule has 1 saturated heterocycles. The fourth-order valence-corrected chi connectivity index (χ4v) is 1.01. The average Bonchev–Trinajstić information content (AvgIpc) is 1.94. The van der Waals surface area contributed by atoms with Crippen molar-refractivity contribution in [1.29, 1.82) is 0 Å². The van der Waals surface area contributed by atoms with Crippen molar-refractivity contribution in [3.05, 3.63) is 0 Å². The molecular formula is C7H14N2O2. The molecule has 0 aromatic rings. The number of rotatable bonds is 0. The van der Waals surface area contributed by atoms with Crippen molar-refractivity contribution in [2.75, 3.05) is 6.54 Å². The van der Waals surface area contributed by atoms with Gasteiger partial charge in [0, 0.05) is 12.0 Å². The second-order valence-corrected chi connectivity index (χ2v) is 3.54. The Morgan fingerprint density at radius 2 is 2.27 bits per heavy atom. The Kier molecular flexibility index (Phi) is 2.04. The van der Waals surface area contributed by atoms with Gasteiger partial charge in [-0.3, -0.25) is 0 Å². The number of aliphatic hydroxyl groups is 1. The molecule has 11 heavy (non-hydrogen) atoms. The van der Waals surface area contributed by atoms with E-state index >= 15 is 0 Å². The maximum absolute atomic E-state index is 10.8. The van der Waals surface area contributed by atoms with E-state index < -0.39 is 6.23 Å². The number of carbonyl (C=O) groups excluding carboxylic acids is 1. The number of urea groups is 1. The molecule has 1 aliphatic rings. The molecule has 1 atom stereocenters. The summed E-state index contributed by atoms with van der Waals surface area (Å²) in [5, 5.41) is 14.5. The van der Waals surface area contributed by atoms with Crippen LogP contribution in [0.15, 0.2) is 0 Å². The number of hydrogen-bond acceptors (Lipinski definition) is 2. The van der Waals surface area contributed by atoms with Crippen molar-refractivity contribution in [3.8, 4) is 0 Å². The number of hydrogen-bond donors (Lipinski definition) is 3. The van der Waals surface area contributed by atoms with E-state index in [4.69, 9.17) is 0 Å². The number of nitrogens with one attached hydrogen (secondary N) is 2. The van der Waals surface area contributed by atoms with Crippen molar-refractivity contribution in [2.24, 2.45) is 5.41 Å². The summed E-state index contributed by atoms with van der Waals surface area (Å²) in [5.41, 5.74) is -0.237. The lowest BCUT2D eigenvalue weighted by atomic mass is 9.88. The predicted molar refractivity (Wildman–Crippen MR) is 40.9 cm³/mol. The quantitative estimate of drug-likeness (QED) is 0.466. The van der Waals surface area contributed by atoms with Gasteiger partial charge in [-0.15, -0.1) is 0 Å². The number of carbonyl (C=O) groups is 1. The fourth-order valence-electron chi connectivity index (χ4n) is 1.01. The third kappa shape index (κ3) is 1.83.